The molecule has 0 aliphatic rings. The van der Waals surface area contributed by atoms with E-state index in [9.17, 15) is 9.59 Å². The first-order valence-corrected chi connectivity index (χ1v) is 5.18. The third-order valence-corrected chi connectivity index (χ3v) is 2.26. The number of carboxylic acid groups (broad SMARTS) is 1. The summed E-state index contributed by atoms with van der Waals surface area (Å²) in [6.45, 7) is 2.01. The zero-order valence-corrected chi connectivity index (χ0v) is 9.71. The molecule has 6 nitrogen and oxygen atoms in total. The number of aliphatic hydroxyl groups excluding tert-OH is 1. The lowest BCUT2D eigenvalue weighted by Gasteiger charge is -2.16. The summed E-state index contributed by atoms with van der Waals surface area (Å²) in [7, 11) is 1.56. The molecule has 17 heavy (non-hydrogen) atoms. The molecule has 0 fully saturated rings. The van der Waals surface area contributed by atoms with Crippen molar-refractivity contribution >= 4 is 11.9 Å². The van der Waals surface area contributed by atoms with E-state index in [1.54, 1.807) is 14.0 Å². The molecule has 6 heteroatoms. The van der Waals surface area contributed by atoms with E-state index in [0.717, 1.165) is 0 Å². The Morgan fingerprint density at radius 3 is 2.47 bits per heavy atom. The van der Waals surface area contributed by atoms with Crippen LogP contribution < -0.4 is 0 Å². The smallest absolute Gasteiger partial charge is 0.371 e. The monoisotopic (exact) mass is 241 g/mol. The Morgan fingerprint density at radius 2 is 2.00 bits per heavy atom. The summed E-state index contributed by atoms with van der Waals surface area (Å²) in [5.74, 6) is -1.90. The number of furan rings is 1. The number of rotatable bonds is 5. The van der Waals surface area contributed by atoms with Gasteiger partial charge in [-0.05, 0) is 25.5 Å². The lowest BCUT2D eigenvalue weighted by Crippen LogP contribution is -2.29. The van der Waals surface area contributed by atoms with E-state index in [2.05, 4.69) is 0 Å². The Hall–Kier alpha value is -1.82. The van der Waals surface area contributed by atoms with Crippen molar-refractivity contribution in [3.8, 4) is 0 Å². The van der Waals surface area contributed by atoms with Crippen molar-refractivity contribution < 1.29 is 24.2 Å². The molecule has 0 aromatic carbocycles. The third-order valence-electron chi connectivity index (χ3n) is 2.26. The minimum absolute atomic E-state index is 0.0181. The van der Waals surface area contributed by atoms with E-state index in [-0.39, 0.29) is 11.5 Å². The lowest BCUT2D eigenvalue weighted by molar-refractivity contribution is 0.0652. The molecule has 0 aliphatic carbocycles. The number of hydrogen-bond donors (Lipinski definition) is 2. The van der Waals surface area contributed by atoms with E-state index < -0.39 is 18.0 Å². The number of aliphatic hydroxyl groups is 1. The van der Waals surface area contributed by atoms with Gasteiger partial charge in [-0.1, -0.05) is 0 Å². The fraction of sp³-hybridized carbons (Fsp3) is 0.455. The van der Waals surface area contributed by atoms with Gasteiger partial charge >= 0.3 is 5.97 Å². The van der Waals surface area contributed by atoms with E-state index in [1.807, 2.05) is 0 Å². The van der Waals surface area contributed by atoms with Crippen LogP contribution in [0.15, 0.2) is 16.5 Å². The molecule has 1 rings (SSSR count). The fourth-order valence-corrected chi connectivity index (χ4v) is 1.24. The fourth-order valence-electron chi connectivity index (χ4n) is 1.24. The van der Waals surface area contributed by atoms with Crippen molar-refractivity contribution in [1.29, 1.82) is 0 Å². The average molecular weight is 241 g/mol. The van der Waals surface area contributed by atoms with E-state index >= 15 is 0 Å². The molecular formula is C11H15NO5. The number of hydrogen-bond acceptors (Lipinski definition) is 4. The van der Waals surface area contributed by atoms with Gasteiger partial charge < -0.3 is 19.5 Å². The van der Waals surface area contributed by atoms with Crippen LogP contribution in [0.4, 0.5) is 0 Å². The van der Waals surface area contributed by atoms with Gasteiger partial charge in [0.05, 0.1) is 6.10 Å². The van der Waals surface area contributed by atoms with Gasteiger partial charge in [-0.15, -0.1) is 0 Å². The second kappa shape index (κ2) is 5.49. The molecule has 1 aromatic rings. The largest absolute Gasteiger partial charge is 0.475 e. The molecule has 1 aromatic heterocycles. The normalized spacial score (nSPS) is 12.2. The summed E-state index contributed by atoms with van der Waals surface area (Å²) in [5, 5.41) is 17.7. The van der Waals surface area contributed by atoms with Gasteiger partial charge in [0.15, 0.2) is 5.76 Å². The third kappa shape index (κ3) is 3.60. The molecule has 0 aliphatic heterocycles. The van der Waals surface area contributed by atoms with Crippen molar-refractivity contribution in [2.45, 2.75) is 19.4 Å². The van der Waals surface area contributed by atoms with Gasteiger partial charge in [-0.2, -0.15) is 0 Å². The van der Waals surface area contributed by atoms with Crippen LogP contribution in [0.2, 0.25) is 0 Å². The molecule has 0 saturated carbocycles. The van der Waals surface area contributed by atoms with Crippen molar-refractivity contribution in [3.05, 3.63) is 23.7 Å². The maximum atomic E-state index is 11.8. The summed E-state index contributed by atoms with van der Waals surface area (Å²) in [6, 6.07) is 2.56. The highest BCUT2D eigenvalue weighted by Gasteiger charge is 2.18. The number of nitrogens with zero attached hydrogens (tertiary/aromatic N) is 1. The highest BCUT2D eigenvalue weighted by molar-refractivity contribution is 5.93. The van der Waals surface area contributed by atoms with Crippen LogP contribution in [0.1, 0.15) is 34.5 Å². The predicted octanol–water partition coefficient (Wildman–Crippen LogP) is 0.821. The van der Waals surface area contributed by atoms with Gasteiger partial charge in [-0.25, -0.2) is 4.79 Å². The highest BCUT2D eigenvalue weighted by atomic mass is 16.4. The first kappa shape index (κ1) is 13.2. The molecule has 0 saturated heterocycles. The van der Waals surface area contributed by atoms with Gasteiger partial charge in [0, 0.05) is 13.6 Å². The van der Waals surface area contributed by atoms with Crippen molar-refractivity contribution in [2.75, 3.05) is 13.6 Å². The summed E-state index contributed by atoms with van der Waals surface area (Å²) in [6.07, 6.45) is -0.0363. The number of carboxylic acids is 1. The topological polar surface area (TPSA) is 91.0 Å². The second-order valence-corrected chi connectivity index (χ2v) is 3.83. The summed E-state index contributed by atoms with van der Waals surface area (Å²) < 4.78 is 4.88. The Kier molecular flexibility index (Phi) is 4.28. The number of carbonyl (C=O) groups excluding carboxylic acids is 1. The van der Waals surface area contributed by atoms with Crippen LogP contribution in [0.25, 0.3) is 0 Å². The molecule has 0 radical (unpaired) electrons. The number of amides is 1. The Bertz CT molecular complexity index is 410. The Morgan fingerprint density at radius 1 is 1.41 bits per heavy atom. The van der Waals surface area contributed by atoms with Crippen LogP contribution in [-0.2, 0) is 0 Å². The summed E-state index contributed by atoms with van der Waals surface area (Å²) in [4.78, 5) is 23.7. The zero-order chi connectivity index (χ0) is 13.0. The molecule has 1 amide bonds. The lowest BCUT2D eigenvalue weighted by atomic mass is 10.2. The van der Waals surface area contributed by atoms with Crippen LogP contribution in [0, 0.1) is 0 Å². The first-order chi connectivity index (χ1) is 7.91. The minimum atomic E-state index is -1.21. The number of aromatic carboxylic acids is 1. The molecule has 2 N–H and O–H groups in total. The van der Waals surface area contributed by atoms with Crippen LogP contribution in [-0.4, -0.2) is 46.7 Å². The van der Waals surface area contributed by atoms with Crippen molar-refractivity contribution in [3.63, 3.8) is 0 Å². The molecule has 0 bridgehead atoms. The van der Waals surface area contributed by atoms with Gasteiger partial charge in [0.25, 0.3) is 5.91 Å². The van der Waals surface area contributed by atoms with Gasteiger partial charge in [0.2, 0.25) is 5.76 Å². The summed E-state index contributed by atoms with van der Waals surface area (Å²) in [5.41, 5.74) is 0. The molecule has 0 spiro atoms. The molecule has 94 valence electrons. The van der Waals surface area contributed by atoms with Crippen LogP contribution >= 0.6 is 0 Å². The van der Waals surface area contributed by atoms with Crippen molar-refractivity contribution in [1.82, 2.24) is 4.90 Å². The van der Waals surface area contributed by atoms with E-state index in [1.165, 1.54) is 17.0 Å². The quantitative estimate of drug-likeness (QED) is 0.796. The van der Waals surface area contributed by atoms with Crippen molar-refractivity contribution in [2.24, 2.45) is 0 Å². The summed E-state index contributed by atoms with van der Waals surface area (Å²) >= 11 is 0. The standard InChI is InChI=1S/C11H15NO5/c1-7(13)5-6-12(2)10(14)8-3-4-9(17-8)11(15)16/h3-4,7,13H,5-6H2,1-2H3,(H,15,16). The van der Waals surface area contributed by atoms with Gasteiger partial charge in [-0.3, -0.25) is 4.79 Å². The SMILES string of the molecule is CC(O)CCN(C)C(=O)c1ccc(C(=O)O)o1. The Balaban J connectivity index is 2.65. The maximum Gasteiger partial charge on any atom is 0.371 e. The maximum absolute atomic E-state index is 11.8. The number of carbonyl (C=O) groups is 2. The predicted molar refractivity (Wildman–Crippen MR) is 58.9 cm³/mol. The highest BCUT2D eigenvalue weighted by Crippen LogP contribution is 2.10. The van der Waals surface area contributed by atoms with Crippen LogP contribution in [0.5, 0.6) is 0 Å². The molecule has 1 heterocycles. The molecular weight excluding hydrogens is 226 g/mol. The van der Waals surface area contributed by atoms with E-state index in [4.69, 9.17) is 14.6 Å². The Labute approximate surface area is 98.5 Å². The second-order valence-electron chi connectivity index (χ2n) is 3.83. The molecule has 1 atom stereocenters. The van der Waals surface area contributed by atoms with Crippen LogP contribution in [0.3, 0.4) is 0 Å². The molecule has 1 unspecified atom stereocenters. The zero-order valence-electron chi connectivity index (χ0n) is 9.71. The van der Waals surface area contributed by atoms with Gasteiger partial charge in [0.1, 0.15) is 0 Å². The average Bonchev–Trinajstić information content (AvgIpc) is 2.73. The van der Waals surface area contributed by atoms with E-state index in [0.29, 0.717) is 13.0 Å². The first-order valence-electron chi connectivity index (χ1n) is 5.18. The minimum Gasteiger partial charge on any atom is -0.475 e.